The van der Waals surface area contributed by atoms with Crippen LogP contribution in [0.15, 0.2) is 0 Å². The van der Waals surface area contributed by atoms with Crippen molar-refractivity contribution in [3.8, 4) is 0 Å². The van der Waals surface area contributed by atoms with E-state index in [1.54, 1.807) is 0 Å². The molecule has 0 bridgehead atoms. The molecule has 3 heteroatoms. The molecule has 0 unspecified atom stereocenters. The Morgan fingerprint density at radius 1 is 1.19 bits per heavy atom. The van der Waals surface area contributed by atoms with Gasteiger partial charge in [0.15, 0.2) is 0 Å². The summed E-state index contributed by atoms with van der Waals surface area (Å²) in [7, 11) is 0. The lowest BCUT2D eigenvalue weighted by Crippen LogP contribution is -2.14. The highest BCUT2D eigenvalue weighted by atomic mass is 15.0. The lowest BCUT2D eigenvalue weighted by molar-refractivity contribution is 0.608. The van der Waals surface area contributed by atoms with Gasteiger partial charge < -0.3 is 10.3 Å². The molecule has 3 nitrogen and oxygen atoms in total. The summed E-state index contributed by atoms with van der Waals surface area (Å²) in [6.45, 7) is 4.15. The Kier molecular flexibility index (Phi) is 4.40. The molecule has 16 heavy (non-hydrogen) atoms. The van der Waals surface area contributed by atoms with Crippen molar-refractivity contribution >= 4 is 0 Å². The predicted octanol–water partition coefficient (Wildman–Crippen LogP) is 2.57. The Morgan fingerprint density at radius 2 is 2.00 bits per heavy atom. The van der Waals surface area contributed by atoms with Gasteiger partial charge in [0.05, 0.1) is 12.2 Å². The number of fused-ring (bicyclic) bond motifs is 1. The zero-order valence-electron chi connectivity index (χ0n) is 10.3. The predicted molar refractivity (Wildman–Crippen MR) is 66.5 cm³/mol. The summed E-state index contributed by atoms with van der Waals surface area (Å²) in [5, 5.41) is 3.40. The zero-order valence-corrected chi connectivity index (χ0v) is 10.3. The first-order valence-corrected chi connectivity index (χ1v) is 6.67. The summed E-state index contributed by atoms with van der Waals surface area (Å²) in [5.41, 5.74) is 2.72. The molecule has 2 rings (SSSR count). The lowest BCUT2D eigenvalue weighted by atomic mass is 10.0. The van der Waals surface area contributed by atoms with Crippen molar-refractivity contribution < 1.29 is 0 Å². The van der Waals surface area contributed by atoms with E-state index in [1.165, 1.54) is 56.3 Å². The molecule has 0 aliphatic heterocycles. The second-order valence-electron chi connectivity index (χ2n) is 4.70. The number of nitrogens with zero attached hydrogens (tertiary/aromatic N) is 1. The fourth-order valence-electron chi connectivity index (χ4n) is 2.33. The first kappa shape index (κ1) is 11.6. The van der Waals surface area contributed by atoms with E-state index in [-0.39, 0.29) is 0 Å². The molecule has 0 saturated carbocycles. The van der Waals surface area contributed by atoms with E-state index < -0.39 is 0 Å². The minimum atomic E-state index is 0.890. The molecule has 0 saturated heterocycles. The topological polar surface area (TPSA) is 40.7 Å². The number of aromatic nitrogens is 2. The van der Waals surface area contributed by atoms with Crippen LogP contribution in [0.2, 0.25) is 0 Å². The Labute approximate surface area is 98.1 Å². The van der Waals surface area contributed by atoms with Gasteiger partial charge in [0.1, 0.15) is 5.82 Å². The van der Waals surface area contributed by atoms with E-state index in [4.69, 9.17) is 4.98 Å². The van der Waals surface area contributed by atoms with E-state index in [1.807, 2.05) is 0 Å². The molecule has 90 valence electrons. The Bertz CT molecular complexity index is 291. The monoisotopic (exact) mass is 221 g/mol. The molecule has 1 aliphatic rings. The van der Waals surface area contributed by atoms with Crippen LogP contribution in [-0.4, -0.2) is 16.5 Å². The van der Waals surface area contributed by atoms with Crippen LogP contribution in [0.1, 0.15) is 56.2 Å². The van der Waals surface area contributed by atoms with Crippen molar-refractivity contribution in [3.05, 3.63) is 17.2 Å². The number of aryl methyl sites for hydroxylation is 2. The van der Waals surface area contributed by atoms with Crippen LogP contribution in [0.25, 0.3) is 0 Å². The largest absolute Gasteiger partial charge is 0.345 e. The van der Waals surface area contributed by atoms with Crippen LogP contribution in [0.5, 0.6) is 0 Å². The molecular formula is C13H23N3. The van der Waals surface area contributed by atoms with Gasteiger partial charge in [-0.15, -0.1) is 0 Å². The highest BCUT2D eigenvalue weighted by Crippen LogP contribution is 2.18. The number of H-pyrrole nitrogens is 1. The van der Waals surface area contributed by atoms with Crippen molar-refractivity contribution in [2.45, 2.75) is 58.4 Å². The third-order valence-corrected chi connectivity index (χ3v) is 3.22. The summed E-state index contributed by atoms with van der Waals surface area (Å²) >= 11 is 0. The maximum atomic E-state index is 4.71. The van der Waals surface area contributed by atoms with Gasteiger partial charge in [0.25, 0.3) is 0 Å². The van der Waals surface area contributed by atoms with Crippen LogP contribution in [0.4, 0.5) is 0 Å². The van der Waals surface area contributed by atoms with E-state index in [0.717, 1.165) is 18.9 Å². The second kappa shape index (κ2) is 6.04. The average Bonchev–Trinajstić information content (AvgIpc) is 2.61. The smallest absolute Gasteiger partial charge is 0.120 e. The molecule has 1 heterocycles. The standard InChI is InChI=1S/C13H23N3/c1-2-9-14-10-13-15-11-7-5-3-4-6-8-12(11)16-13/h14H,2-10H2,1H3,(H,15,16). The number of hydrogen-bond acceptors (Lipinski definition) is 2. The molecule has 1 aromatic heterocycles. The highest BCUT2D eigenvalue weighted by Gasteiger charge is 2.11. The number of imidazole rings is 1. The Hall–Kier alpha value is -0.830. The average molecular weight is 221 g/mol. The molecule has 2 N–H and O–H groups in total. The SMILES string of the molecule is CCCNCc1nc2c([nH]1)CCCCCC2. The van der Waals surface area contributed by atoms with Crippen LogP contribution < -0.4 is 5.32 Å². The molecule has 0 fully saturated rings. The van der Waals surface area contributed by atoms with Crippen LogP contribution >= 0.6 is 0 Å². The maximum Gasteiger partial charge on any atom is 0.120 e. The first-order chi connectivity index (χ1) is 7.90. The van der Waals surface area contributed by atoms with Gasteiger partial charge in [0.2, 0.25) is 0 Å². The van der Waals surface area contributed by atoms with E-state index >= 15 is 0 Å². The molecule has 1 aromatic rings. The number of hydrogen-bond donors (Lipinski definition) is 2. The molecule has 0 radical (unpaired) electrons. The molecule has 1 aliphatic carbocycles. The Morgan fingerprint density at radius 3 is 2.81 bits per heavy atom. The number of aromatic amines is 1. The van der Waals surface area contributed by atoms with Crippen molar-refractivity contribution in [1.29, 1.82) is 0 Å². The van der Waals surface area contributed by atoms with Gasteiger partial charge in [-0.2, -0.15) is 0 Å². The summed E-state index contributed by atoms with van der Waals surface area (Å²) in [6.07, 6.45) is 8.91. The van der Waals surface area contributed by atoms with Crippen LogP contribution in [0, 0.1) is 0 Å². The van der Waals surface area contributed by atoms with Gasteiger partial charge in [-0.25, -0.2) is 4.98 Å². The lowest BCUT2D eigenvalue weighted by Gasteiger charge is -2.06. The number of rotatable bonds is 4. The fraction of sp³-hybridized carbons (Fsp3) is 0.769. The van der Waals surface area contributed by atoms with Crippen LogP contribution in [0.3, 0.4) is 0 Å². The van der Waals surface area contributed by atoms with Gasteiger partial charge in [0, 0.05) is 5.69 Å². The molecular weight excluding hydrogens is 198 g/mol. The van der Waals surface area contributed by atoms with E-state index in [9.17, 15) is 0 Å². The van der Waals surface area contributed by atoms with E-state index in [2.05, 4.69) is 17.2 Å². The minimum Gasteiger partial charge on any atom is -0.345 e. The third-order valence-electron chi connectivity index (χ3n) is 3.22. The summed E-state index contributed by atoms with van der Waals surface area (Å²) < 4.78 is 0. The zero-order chi connectivity index (χ0) is 11.2. The highest BCUT2D eigenvalue weighted by molar-refractivity contribution is 5.16. The summed E-state index contributed by atoms with van der Waals surface area (Å²) in [6, 6.07) is 0. The minimum absolute atomic E-state index is 0.890. The van der Waals surface area contributed by atoms with Crippen molar-refractivity contribution in [2.75, 3.05) is 6.54 Å². The van der Waals surface area contributed by atoms with E-state index in [0.29, 0.717) is 0 Å². The summed E-state index contributed by atoms with van der Waals surface area (Å²) in [4.78, 5) is 8.19. The quantitative estimate of drug-likeness (QED) is 0.767. The van der Waals surface area contributed by atoms with Crippen molar-refractivity contribution in [2.24, 2.45) is 0 Å². The molecule has 0 amide bonds. The fourth-order valence-corrected chi connectivity index (χ4v) is 2.33. The molecule has 0 atom stereocenters. The normalized spacial score (nSPS) is 16.6. The van der Waals surface area contributed by atoms with Gasteiger partial charge in [-0.05, 0) is 38.6 Å². The number of nitrogens with one attached hydrogen (secondary N) is 2. The van der Waals surface area contributed by atoms with Gasteiger partial charge in [-0.3, -0.25) is 0 Å². The first-order valence-electron chi connectivity index (χ1n) is 6.67. The molecule has 0 spiro atoms. The van der Waals surface area contributed by atoms with Gasteiger partial charge in [-0.1, -0.05) is 19.8 Å². The van der Waals surface area contributed by atoms with Crippen molar-refractivity contribution in [3.63, 3.8) is 0 Å². The Balaban J connectivity index is 1.97. The second-order valence-corrected chi connectivity index (χ2v) is 4.70. The van der Waals surface area contributed by atoms with Crippen LogP contribution in [-0.2, 0) is 19.4 Å². The van der Waals surface area contributed by atoms with Gasteiger partial charge >= 0.3 is 0 Å². The van der Waals surface area contributed by atoms with Crippen molar-refractivity contribution in [1.82, 2.24) is 15.3 Å². The maximum absolute atomic E-state index is 4.71. The molecule has 0 aromatic carbocycles. The third kappa shape index (κ3) is 3.08. The summed E-state index contributed by atoms with van der Waals surface area (Å²) in [5.74, 6) is 1.13.